The van der Waals surface area contributed by atoms with Crippen molar-refractivity contribution in [1.29, 1.82) is 0 Å². The lowest BCUT2D eigenvalue weighted by Crippen LogP contribution is -2.52. The van der Waals surface area contributed by atoms with E-state index in [0.29, 0.717) is 24.8 Å². The number of aldehydes is 1. The van der Waals surface area contributed by atoms with Crippen LogP contribution < -0.4 is 16.0 Å². The van der Waals surface area contributed by atoms with Crippen LogP contribution >= 0.6 is 0 Å². The van der Waals surface area contributed by atoms with Gasteiger partial charge in [-0.25, -0.2) is 0 Å². The Morgan fingerprint density at radius 3 is 2.65 bits per heavy atom. The number of hydrogen-bond acceptors (Lipinski definition) is 5. The average molecular weight is 422 g/mol. The topological polar surface area (TPSA) is 117 Å². The van der Waals surface area contributed by atoms with E-state index in [-0.39, 0.29) is 24.7 Å². The first-order chi connectivity index (χ1) is 15.1. The van der Waals surface area contributed by atoms with Gasteiger partial charge in [0.2, 0.25) is 11.8 Å². The second-order valence-electron chi connectivity index (χ2n) is 7.57. The number of hydrogen-bond donors (Lipinski definition) is 3. The first kappa shape index (κ1) is 22.1. The monoisotopic (exact) mass is 422 g/mol. The Bertz CT molecular complexity index is 904. The third-order valence-corrected chi connectivity index (χ3v) is 5.26. The van der Waals surface area contributed by atoms with Gasteiger partial charge in [-0.15, -0.1) is 0 Å². The first-order valence-electron chi connectivity index (χ1n) is 10.3. The largest absolute Gasteiger partial charge is 0.356 e. The smallest absolute Gasteiger partial charge is 0.253 e. The van der Waals surface area contributed by atoms with E-state index in [2.05, 4.69) is 20.9 Å². The van der Waals surface area contributed by atoms with E-state index in [0.717, 1.165) is 12.0 Å². The summed E-state index contributed by atoms with van der Waals surface area (Å²) in [6, 6.07) is 10.8. The van der Waals surface area contributed by atoms with Crippen molar-refractivity contribution < 1.29 is 19.2 Å². The molecule has 2 aromatic rings. The van der Waals surface area contributed by atoms with Crippen molar-refractivity contribution in [2.24, 2.45) is 5.92 Å². The maximum Gasteiger partial charge on any atom is 0.253 e. The number of benzene rings is 1. The molecule has 0 radical (unpaired) electrons. The lowest BCUT2D eigenvalue weighted by atomic mass is 9.92. The van der Waals surface area contributed by atoms with Gasteiger partial charge < -0.3 is 20.7 Å². The fraction of sp³-hybridized carbons (Fsp3) is 0.348. The first-order valence-corrected chi connectivity index (χ1v) is 10.3. The summed E-state index contributed by atoms with van der Waals surface area (Å²) in [4.78, 5) is 53.2. The molecule has 0 aliphatic carbocycles. The molecule has 0 bridgehead atoms. The molecule has 1 aromatic heterocycles. The molecule has 0 spiro atoms. The third kappa shape index (κ3) is 6.47. The molecule has 1 aliphatic heterocycles. The van der Waals surface area contributed by atoms with E-state index < -0.39 is 23.9 Å². The lowest BCUT2D eigenvalue weighted by Gasteiger charge is -2.26. The highest BCUT2D eigenvalue weighted by molar-refractivity contribution is 5.97. The molecule has 3 N–H and O–H groups in total. The number of carbonyl (C=O) groups excluding carboxylic acids is 4. The molecule has 1 aromatic carbocycles. The number of aromatic nitrogens is 1. The molecule has 2 heterocycles. The number of nitrogens with zero attached hydrogens (tertiary/aromatic N) is 1. The second kappa shape index (κ2) is 11.0. The summed E-state index contributed by atoms with van der Waals surface area (Å²) < 4.78 is 0. The van der Waals surface area contributed by atoms with Crippen molar-refractivity contribution in [3.05, 3.63) is 66.0 Å². The summed E-state index contributed by atoms with van der Waals surface area (Å²) in [6.45, 7) is 0.632. The zero-order valence-electron chi connectivity index (χ0n) is 17.1. The molecule has 31 heavy (non-hydrogen) atoms. The van der Waals surface area contributed by atoms with Gasteiger partial charge in [0.15, 0.2) is 0 Å². The molecular formula is C23H26N4O4. The van der Waals surface area contributed by atoms with E-state index in [4.69, 9.17) is 0 Å². The predicted molar refractivity (Wildman–Crippen MR) is 114 cm³/mol. The van der Waals surface area contributed by atoms with E-state index in [1.54, 1.807) is 18.3 Å². The minimum absolute atomic E-state index is 0.0990. The molecule has 162 valence electrons. The molecule has 0 saturated carbocycles. The summed E-state index contributed by atoms with van der Waals surface area (Å²) >= 11 is 0. The highest BCUT2D eigenvalue weighted by Crippen LogP contribution is 2.17. The number of pyridine rings is 1. The van der Waals surface area contributed by atoms with Gasteiger partial charge in [0.25, 0.3) is 5.91 Å². The number of rotatable bonds is 9. The van der Waals surface area contributed by atoms with Gasteiger partial charge in [-0.3, -0.25) is 19.4 Å². The van der Waals surface area contributed by atoms with Crippen LogP contribution in [0.4, 0.5) is 0 Å². The van der Waals surface area contributed by atoms with Crippen molar-refractivity contribution >= 4 is 24.0 Å². The van der Waals surface area contributed by atoms with Crippen LogP contribution in [-0.4, -0.2) is 47.6 Å². The average Bonchev–Trinajstić information content (AvgIpc) is 2.80. The van der Waals surface area contributed by atoms with Crippen LogP contribution in [0, 0.1) is 5.92 Å². The Morgan fingerprint density at radius 2 is 1.97 bits per heavy atom. The van der Waals surface area contributed by atoms with Gasteiger partial charge in [0, 0.05) is 31.3 Å². The highest BCUT2D eigenvalue weighted by atomic mass is 16.2. The molecular weight excluding hydrogens is 396 g/mol. The Morgan fingerprint density at radius 1 is 1.16 bits per heavy atom. The highest BCUT2D eigenvalue weighted by Gasteiger charge is 2.29. The zero-order valence-corrected chi connectivity index (χ0v) is 17.1. The Hall–Kier alpha value is -3.55. The minimum atomic E-state index is -0.891. The van der Waals surface area contributed by atoms with Gasteiger partial charge in [-0.05, 0) is 37.0 Å². The van der Waals surface area contributed by atoms with Gasteiger partial charge in [-0.2, -0.15) is 0 Å². The predicted octanol–water partition coefficient (Wildman–Crippen LogP) is 1.02. The Labute approximate surface area is 180 Å². The molecule has 1 aliphatic rings. The molecule has 8 nitrogen and oxygen atoms in total. The van der Waals surface area contributed by atoms with E-state index >= 15 is 0 Å². The van der Waals surface area contributed by atoms with E-state index in [1.165, 1.54) is 6.20 Å². The van der Waals surface area contributed by atoms with Crippen LogP contribution in [0.25, 0.3) is 0 Å². The second-order valence-corrected chi connectivity index (χ2v) is 7.57. The van der Waals surface area contributed by atoms with Crippen molar-refractivity contribution in [1.82, 2.24) is 20.9 Å². The van der Waals surface area contributed by atoms with Crippen molar-refractivity contribution in [3.63, 3.8) is 0 Å². The van der Waals surface area contributed by atoms with Gasteiger partial charge in [-0.1, -0.05) is 30.3 Å². The lowest BCUT2D eigenvalue weighted by molar-refractivity contribution is -0.129. The maximum absolute atomic E-state index is 13.0. The fourth-order valence-electron chi connectivity index (χ4n) is 3.60. The number of piperidine rings is 1. The molecule has 1 fully saturated rings. The molecule has 0 unspecified atom stereocenters. The zero-order chi connectivity index (χ0) is 22.1. The van der Waals surface area contributed by atoms with Crippen molar-refractivity contribution in [3.8, 4) is 0 Å². The molecule has 3 amide bonds. The van der Waals surface area contributed by atoms with Gasteiger partial charge >= 0.3 is 0 Å². The summed E-state index contributed by atoms with van der Waals surface area (Å²) in [7, 11) is 0. The molecule has 8 heteroatoms. The summed E-state index contributed by atoms with van der Waals surface area (Å²) in [5.74, 6) is -1.33. The van der Waals surface area contributed by atoms with Crippen LogP contribution in [0.15, 0.2) is 54.9 Å². The fourth-order valence-corrected chi connectivity index (χ4v) is 3.60. The van der Waals surface area contributed by atoms with E-state index in [1.807, 2.05) is 30.3 Å². The maximum atomic E-state index is 13.0. The quantitative estimate of drug-likeness (QED) is 0.522. The van der Waals surface area contributed by atoms with Crippen LogP contribution in [0.3, 0.4) is 0 Å². The van der Waals surface area contributed by atoms with Crippen LogP contribution in [0.2, 0.25) is 0 Å². The number of carbonyl (C=O) groups is 4. The van der Waals surface area contributed by atoms with Gasteiger partial charge in [0.1, 0.15) is 12.3 Å². The molecule has 3 rings (SSSR count). The van der Waals surface area contributed by atoms with Crippen LogP contribution in [-0.2, 0) is 20.8 Å². The van der Waals surface area contributed by atoms with Crippen LogP contribution in [0.1, 0.15) is 35.2 Å². The molecule has 1 saturated heterocycles. The van der Waals surface area contributed by atoms with Crippen LogP contribution in [0.5, 0.6) is 0 Å². The number of nitrogens with one attached hydrogen (secondary N) is 3. The number of amides is 3. The third-order valence-electron chi connectivity index (χ3n) is 5.26. The van der Waals surface area contributed by atoms with Crippen molar-refractivity contribution in [2.45, 2.75) is 37.8 Å². The van der Waals surface area contributed by atoms with Crippen molar-refractivity contribution in [2.75, 3.05) is 6.54 Å². The van der Waals surface area contributed by atoms with Gasteiger partial charge in [0.05, 0.1) is 11.6 Å². The summed E-state index contributed by atoms with van der Waals surface area (Å²) in [5, 5.41) is 8.22. The Balaban J connectivity index is 1.70. The van der Waals surface area contributed by atoms with E-state index in [9.17, 15) is 19.2 Å². The summed E-state index contributed by atoms with van der Waals surface area (Å²) in [6.07, 6.45) is 5.63. The standard InChI is InChI=1S/C23H26N4O4/c28-15-19(13-17-8-5-11-25-21(17)29)26-23(31)20(12-16-6-2-1-3-7-16)27-22(30)18-9-4-10-24-14-18/h1-4,6-7,9-10,14-15,17,19-20H,5,8,11-13H2,(H,25,29)(H,26,31)(H,27,30)/t17-,19-,20-/m0/s1. The Kier molecular flexibility index (Phi) is 7.86. The minimum Gasteiger partial charge on any atom is -0.356 e. The molecule has 3 atom stereocenters. The normalized spacial score (nSPS) is 17.7. The SMILES string of the molecule is O=C[C@H](C[C@@H]1CCCNC1=O)NC(=O)[C@H](Cc1ccccc1)NC(=O)c1cccnc1. The summed E-state index contributed by atoms with van der Waals surface area (Å²) in [5.41, 5.74) is 1.20.